The molecule has 5 nitrogen and oxygen atoms in total. The minimum atomic E-state index is -1.62. The molecular weight excluding hydrogens is 841 g/mol. The van der Waals surface area contributed by atoms with E-state index in [0.29, 0.717) is 30.0 Å². The molecule has 4 saturated carbocycles. The number of allylic oxidation sites excluding steroid dienone is 4. The molecule has 11 heteroatoms. The molecule has 18 atom stereocenters. The van der Waals surface area contributed by atoms with Gasteiger partial charge in [-0.25, -0.2) is 0 Å². The first-order valence-corrected chi connectivity index (χ1v) is 27.8. The van der Waals surface area contributed by atoms with Crippen molar-refractivity contribution in [3.63, 3.8) is 0 Å². The Balaban J connectivity index is 0. The standard InChI is InChI=1S/C21H37N2OSSi.C19H33N2SSi.6CH3.2Ti/c1-11-9-14-16-15-10-12(2)25-20(15)21(26(7,8)22-4)18(16)23(5)17(14)13(3)19(11)24-6;1-11-7-8-13-15(9-11)21(4)17-16(13)14-10-12(2)22-18(14)19(17)23(5,6)20-3;;;;;;;;/h10-11,13-21H,9H2,1-8H3;10-11,13-19H,7-9H2,1-6H3;6*1H3;;/q8*-1;2*+4. The second-order valence-corrected chi connectivity index (χ2v) is 30.9. The second-order valence-electron chi connectivity index (χ2n) is 19.2. The molecule has 57 heavy (non-hydrogen) atoms. The summed E-state index contributed by atoms with van der Waals surface area (Å²) in [6.07, 6.45) is 11.4. The zero-order valence-corrected chi connectivity index (χ0v) is 47.1. The Morgan fingerprint density at radius 3 is 1.54 bits per heavy atom. The average Bonchev–Trinajstić information content (AvgIpc) is 3.85. The Bertz CT molecular complexity index is 1320. The third-order valence-electron chi connectivity index (χ3n) is 16.2. The zero-order chi connectivity index (χ0) is 35.5. The van der Waals surface area contributed by atoms with E-state index in [9.17, 15) is 0 Å². The first-order chi connectivity index (χ1) is 23.1. The molecule has 0 bridgehead atoms. The van der Waals surface area contributed by atoms with Crippen LogP contribution in [0.1, 0.15) is 60.3 Å². The Morgan fingerprint density at radius 1 is 0.667 bits per heavy atom. The summed E-state index contributed by atoms with van der Waals surface area (Å²) in [5, 5.41) is 1.59. The summed E-state index contributed by atoms with van der Waals surface area (Å²) in [6, 6.07) is 3.04. The van der Waals surface area contributed by atoms with Crippen molar-refractivity contribution in [2.24, 2.45) is 53.3 Å². The molecule has 0 amide bonds. The Morgan fingerprint density at radius 2 is 1.11 bits per heavy atom. The fourth-order valence-electron chi connectivity index (χ4n) is 14.1. The van der Waals surface area contributed by atoms with Crippen LogP contribution in [0.15, 0.2) is 22.0 Å². The van der Waals surface area contributed by atoms with Crippen LogP contribution in [0.3, 0.4) is 0 Å². The van der Waals surface area contributed by atoms with Crippen molar-refractivity contribution in [2.75, 3.05) is 35.3 Å². The molecule has 18 unspecified atom stereocenters. The maximum absolute atomic E-state index is 5.96. The van der Waals surface area contributed by atoms with E-state index in [1.165, 1.54) is 25.7 Å². The van der Waals surface area contributed by atoms with E-state index < -0.39 is 16.5 Å². The summed E-state index contributed by atoms with van der Waals surface area (Å²) < 4.78 is 5.96. The van der Waals surface area contributed by atoms with Gasteiger partial charge in [0, 0.05) is 41.8 Å². The maximum Gasteiger partial charge on any atom is 4.00 e. The predicted octanol–water partition coefficient (Wildman–Crippen LogP) is 12.5. The van der Waals surface area contributed by atoms with Gasteiger partial charge in [0.25, 0.3) is 0 Å². The summed E-state index contributed by atoms with van der Waals surface area (Å²) >= 11 is 4.37. The molecule has 0 aromatic rings. The molecule has 0 aromatic carbocycles. The van der Waals surface area contributed by atoms with Crippen molar-refractivity contribution < 1.29 is 48.2 Å². The number of ether oxygens (including phenoxy) is 1. The third kappa shape index (κ3) is 9.92. The molecule has 326 valence electrons. The normalized spacial score (nSPS) is 43.4. The minimum Gasteiger partial charge on any atom is -0.667 e. The number of fused-ring (bicyclic) bond motifs is 10. The zero-order valence-electron chi connectivity index (χ0n) is 40.4. The molecule has 0 radical (unpaired) electrons. The van der Waals surface area contributed by atoms with Gasteiger partial charge >= 0.3 is 43.4 Å². The van der Waals surface area contributed by atoms with Gasteiger partial charge in [-0.3, -0.25) is 9.80 Å². The van der Waals surface area contributed by atoms with Crippen LogP contribution < -0.4 is 0 Å². The van der Waals surface area contributed by atoms with Crippen LogP contribution in [-0.4, -0.2) is 102 Å². The van der Waals surface area contributed by atoms with Gasteiger partial charge in [-0.15, -0.1) is 23.5 Å². The molecule has 4 heterocycles. The topological polar surface area (TPSA) is 43.9 Å². The Kier molecular flexibility index (Phi) is 24.2. The summed E-state index contributed by atoms with van der Waals surface area (Å²) in [5.74, 6) is 7.29. The van der Waals surface area contributed by atoms with E-state index in [1.807, 2.05) is 7.11 Å². The fraction of sp³-hybridized carbons (Fsp3) is 0.783. The number of likely N-dealkylation sites (tertiary alicyclic amines) is 2. The van der Waals surface area contributed by atoms with Crippen molar-refractivity contribution in [2.45, 2.75) is 138 Å². The second kappa shape index (κ2) is 22.6. The number of nitrogens with zero attached hydrogens (tertiary/aromatic N) is 4. The van der Waals surface area contributed by atoms with Crippen molar-refractivity contribution in [3.8, 4) is 0 Å². The largest absolute Gasteiger partial charge is 4.00 e. The summed E-state index contributed by atoms with van der Waals surface area (Å²) in [6.45, 7) is 22.0. The van der Waals surface area contributed by atoms with Crippen LogP contribution in [0.2, 0.25) is 37.3 Å². The summed E-state index contributed by atoms with van der Waals surface area (Å²) in [4.78, 5) is 18.8. The van der Waals surface area contributed by atoms with E-state index >= 15 is 0 Å². The van der Waals surface area contributed by atoms with Gasteiger partial charge in [0.05, 0.1) is 6.10 Å². The van der Waals surface area contributed by atoms with Crippen LogP contribution in [-0.2, 0) is 48.2 Å². The van der Waals surface area contributed by atoms with Crippen LogP contribution in [0.5, 0.6) is 0 Å². The van der Waals surface area contributed by atoms with Crippen LogP contribution in [0.4, 0.5) is 0 Å². The molecule has 8 aliphatic rings. The van der Waals surface area contributed by atoms with Gasteiger partial charge in [-0.2, -0.15) is 14.1 Å². The number of thioether (sulfide) groups is 2. The quantitative estimate of drug-likeness (QED) is 0.203. The van der Waals surface area contributed by atoms with Gasteiger partial charge in [-0.05, 0) is 121 Å². The van der Waals surface area contributed by atoms with Crippen molar-refractivity contribution >= 4 is 40.0 Å². The van der Waals surface area contributed by atoms with Crippen LogP contribution >= 0.6 is 23.5 Å². The molecule has 4 aliphatic carbocycles. The predicted molar refractivity (Wildman–Crippen MR) is 258 cm³/mol. The summed E-state index contributed by atoms with van der Waals surface area (Å²) in [7, 11) is 7.82. The molecule has 4 aliphatic heterocycles. The van der Waals surface area contributed by atoms with Gasteiger partial charge in [0.1, 0.15) is 0 Å². The van der Waals surface area contributed by atoms with Crippen LogP contribution in [0, 0.1) is 97.8 Å². The SMILES string of the molecule is C[N-][Si](C)(C)C1C2SC(C)=CC2C2C3CC(C)C(OC)C(C)C3N(C)C21.C[N-][Si](C)(C)C1C2SC(C)=CC2C2C3CCC(C)CC3N(C)C21.[CH3-].[CH3-].[CH3-].[CH3-].[CH3-].[CH3-].[Ti+4].[Ti+4]. The smallest absolute Gasteiger partial charge is 0.667 e. The minimum absolute atomic E-state index is 0. The van der Waals surface area contributed by atoms with Gasteiger partial charge in [0.15, 0.2) is 0 Å². The molecular formula is C46H88N4OS2Si2Ti2. The maximum atomic E-state index is 5.96. The molecule has 8 rings (SSSR count). The first-order valence-electron chi connectivity index (χ1n) is 20.0. The Labute approximate surface area is 398 Å². The number of rotatable bonds is 5. The monoisotopic (exact) mass is 928 g/mol. The molecule has 0 aromatic heterocycles. The molecule has 0 spiro atoms. The fourth-order valence-corrected chi connectivity index (χ4v) is 24.5. The van der Waals surface area contributed by atoms with Crippen molar-refractivity contribution in [1.29, 1.82) is 0 Å². The van der Waals surface area contributed by atoms with Crippen LogP contribution in [0.25, 0.3) is 9.96 Å². The van der Waals surface area contributed by atoms with Gasteiger partial charge in [-0.1, -0.05) is 82.0 Å². The Hall–Kier alpha value is 1.84. The molecule has 2 saturated heterocycles. The van der Waals surface area contributed by atoms with Gasteiger partial charge in [0.2, 0.25) is 0 Å². The molecule has 6 fully saturated rings. The third-order valence-corrected chi connectivity index (χ3v) is 26.4. The average molecular weight is 929 g/mol. The number of hydrogen-bond acceptors (Lipinski definition) is 5. The van der Waals surface area contributed by atoms with Crippen molar-refractivity contribution in [1.82, 2.24) is 9.80 Å². The van der Waals surface area contributed by atoms with E-state index in [1.54, 1.807) is 9.81 Å². The number of methoxy groups -OCH3 is 1. The van der Waals surface area contributed by atoms with Gasteiger partial charge < -0.3 is 59.3 Å². The summed E-state index contributed by atoms with van der Waals surface area (Å²) in [5.41, 5.74) is 1.59. The van der Waals surface area contributed by atoms with E-state index in [0.717, 1.165) is 75.1 Å². The van der Waals surface area contributed by atoms with Crippen molar-refractivity contribution in [3.05, 3.63) is 76.5 Å². The number of hydrogen-bond donors (Lipinski definition) is 0. The molecule has 0 N–H and O–H groups in total. The first kappa shape index (κ1) is 60.9. The van der Waals surface area contributed by atoms with E-state index in [2.05, 4.69) is 134 Å². The van der Waals surface area contributed by atoms with E-state index in [4.69, 9.17) is 14.7 Å². The van der Waals surface area contributed by atoms with E-state index in [-0.39, 0.29) is 88.0 Å².